The monoisotopic (exact) mass is 490 g/mol. The van der Waals surface area contributed by atoms with Crippen LogP contribution in [0.2, 0.25) is 0 Å². The Bertz CT molecular complexity index is 6.00. The van der Waals surface area contributed by atoms with E-state index in [0.29, 0.717) is 0 Å². The average Bonchev–Trinajstić information content (AvgIpc) is 1.50. The van der Waals surface area contributed by atoms with Crippen LogP contribution in [0.3, 0.4) is 0 Å². The minimum atomic E-state index is 1.03. The number of hydrogen-bond acceptors (Lipinski definition) is 0. The van der Waals surface area contributed by atoms with E-state index in [1.807, 2.05) is 0 Å². The van der Waals surface area contributed by atoms with Crippen LogP contribution in [0.4, 0.5) is 0 Å². The molecule has 26 valence electrons. The first-order chi connectivity index (χ1) is 2.00. The Balaban J connectivity index is 0. The second-order valence-electron chi connectivity index (χ2n) is 0. The first kappa shape index (κ1) is 10.8. The van der Waals surface area contributed by atoms with Gasteiger partial charge < -0.3 is 0 Å². The molecule has 0 heterocycles. The Morgan fingerprint density at radius 2 is 1.25 bits per heavy atom. The van der Waals surface area contributed by atoms with Crippen LogP contribution in [0.1, 0.15) is 0 Å². The topological polar surface area (TPSA) is 0 Å². The molecule has 0 rings (SSSR count). The second kappa shape index (κ2) is 15.8. The van der Waals surface area contributed by atoms with Crippen molar-refractivity contribution in [2.24, 2.45) is 0 Å². The molecule has 0 saturated heterocycles. The molecule has 0 unspecified atom stereocenters. The maximum atomic E-state index is 2.34. The molecule has 0 aliphatic heterocycles. The van der Waals surface area contributed by atoms with Crippen LogP contribution < -0.4 is 0 Å². The van der Waals surface area contributed by atoms with Gasteiger partial charge in [0.2, 0.25) is 0 Å². The van der Waals surface area contributed by atoms with Gasteiger partial charge in [0.1, 0.15) is 0 Å². The first-order valence-electron chi connectivity index (χ1n) is 0.492. The first-order valence-corrected chi connectivity index (χ1v) is 16.7. The van der Waals surface area contributed by atoms with Crippen molar-refractivity contribution >= 4 is 73.0 Å². The number of hydrogen-bond donors (Lipinski definition) is 0. The van der Waals surface area contributed by atoms with Crippen molar-refractivity contribution in [1.29, 1.82) is 0 Å². The molecule has 0 aromatic heterocycles. The third-order valence-electron chi connectivity index (χ3n) is 0. The molecule has 0 aromatic carbocycles. The molecule has 0 aliphatic rings. The summed E-state index contributed by atoms with van der Waals surface area (Å²) in [6.07, 6.45) is 0. The fourth-order valence-corrected chi connectivity index (χ4v) is 0. The average molecular weight is 490 g/mol. The summed E-state index contributed by atoms with van der Waals surface area (Å²) < 4.78 is 0. The van der Waals surface area contributed by atoms with Gasteiger partial charge in [0, 0.05) is 0 Å². The Kier molecular flexibility index (Phi) is 42.5. The number of rotatable bonds is 0. The van der Waals surface area contributed by atoms with Crippen molar-refractivity contribution in [3.05, 3.63) is 0 Å². The van der Waals surface area contributed by atoms with Crippen molar-refractivity contribution in [3.8, 4) is 0 Å². The summed E-state index contributed by atoms with van der Waals surface area (Å²) in [5, 5.41) is 0. The van der Waals surface area contributed by atoms with Gasteiger partial charge in [0.15, 0.2) is 0 Å². The molecule has 4 heavy (non-hydrogen) atoms. The molecule has 0 N–H and O–H groups in total. The maximum absolute atomic E-state index is 2.34. The van der Waals surface area contributed by atoms with Gasteiger partial charge in [-0.05, 0) is 0 Å². The van der Waals surface area contributed by atoms with Crippen molar-refractivity contribution in [2.75, 3.05) is 0 Å². The number of halogens is 2. The summed E-state index contributed by atoms with van der Waals surface area (Å²) in [5.41, 5.74) is 0. The molecule has 0 atom stereocenters. The third-order valence-corrected chi connectivity index (χ3v) is 0. The van der Waals surface area contributed by atoms with Crippen LogP contribution in [0.25, 0.3) is 0 Å². The molecular formula is AuI2K. The molecule has 0 spiro atoms. The van der Waals surface area contributed by atoms with Gasteiger partial charge in [-0.2, -0.15) is 0 Å². The molecular weight excluding hydrogens is 490 g/mol. The van der Waals surface area contributed by atoms with E-state index in [1.165, 1.54) is 0 Å². The van der Waals surface area contributed by atoms with Gasteiger partial charge in [-0.15, -0.1) is 0 Å². The molecule has 0 aliphatic carbocycles. The Labute approximate surface area is 86.7 Å². The minimum absolute atomic E-state index is 1.03. The van der Waals surface area contributed by atoms with Crippen LogP contribution in [-0.2, 0) is 17.3 Å². The molecule has 0 fully saturated rings. The van der Waals surface area contributed by atoms with E-state index in [2.05, 4.69) is 47.5 Å². The summed E-state index contributed by atoms with van der Waals surface area (Å²) in [6, 6.07) is 0. The van der Waals surface area contributed by atoms with E-state index in [-0.39, 0.29) is 0 Å². The molecule has 0 bridgehead atoms. The molecule has 0 nitrogen and oxygen atoms in total. The predicted octanol–water partition coefficient (Wildman–Crippen LogP) is 1.39. The van der Waals surface area contributed by atoms with Crippen molar-refractivity contribution in [1.82, 2.24) is 0 Å². The fraction of sp³-hybridized carbons (Fsp3) is 0. The second-order valence-corrected chi connectivity index (χ2v) is 0. The normalized spacial score (nSPS) is 3.50. The van der Waals surface area contributed by atoms with Crippen LogP contribution in [0.15, 0.2) is 0 Å². The molecule has 0 aromatic rings. The Morgan fingerprint density at radius 1 is 1.25 bits per heavy atom. The van der Waals surface area contributed by atoms with Crippen molar-refractivity contribution in [3.63, 3.8) is 0 Å². The third kappa shape index (κ3) is 9.28. The van der Waals surface area contributed by atoms with E-state index in [0.717, 1.165) is 42.7 Å². The fourth-order valence-electron chi connectivity index (χ4n) is 0. The summed E-state index contributed by atoms with van der Waals surface area (Å²) in [5.74, 6) is 0. The SMILES string of the molecule is [I][Au].[K][I]. The van der Waals surface area contributed by atoms with E-state index in [4.69, 9.17) is 0 Å². The van der Waals surface area contributed by atoms with Gasteiger partial charge in [0.05, 0.1) is 0 Å². The van der Waals surface area contributed by atoms with Gasteiger partial charge in [-0.3, -0.25) is 0 Å². The molecule has 4 heteroatoms. The zero-order valence-electron chi connectivity index (χ0n) is 2.06. The van der Waals surface area contributed by atoms with E-state index >= 15 is 0 Å². The zero-order valence-corrected chi connectivity index (χ0v) is 11.7. The summed E-state index contributed by atoms with van der Waals surface area (Å²) >= 11 is 7.71. The molecule has 0 radical (unpaired) electrons. The standard InChI is InChI=1S/Au.2HI.K/h;2*1H;/q+1;;;+1/p-2. The quantitative estimate of drug-likeness (QED) is 0.356. The van der Waals surface area contributed by atoms with Crippen molar-refractivity contribution < 1.29 is 17.3 Å². The predicted molar refractivity (Wildman–Crippen MR) is 33.8 cm³/mol. The summed E-state index contributed by atoms with van der Waals surface area (Å²) in [7, 11) is 0. The van der Waals surface area contributed by atoms with Gasteiger partial charge in [0.25, 0.3) is 0 Å². The van der Waals surface area contributed by atoms with Crippen molar-refractivity contribution in [2.45, 2.75) is 0 Å². The van der Waals surface area contributed by atoms with E-state index < -0.39 is 0 Å². The van der Waals surface area contributed by atoms with Gasteiger partial charge in [-0.25, -0.2) is 0 Å². The Hall–Kier alpha value is 3.84. The molecule has 0 saturated carbocycles. The van der Waals surface area contributed by atoms with Crippen LogP contribution in [-0.4, -0.2) is 42.7 Å². The van der Waals surface area contributed by atoms with Crippen LogP contribution in [0, 0.1) is 0 Å². The summed E-state index contributed by atoms with van der Waals surface area (Å²) in [6.45, 7) is 0. The van der Waals surface area contributed by atoms with E-state index in [9.17, 15) is 0 Å². The van der Waals surface area contributed by atoms with Crippen LogP contribution >= 0.6 is 30.3 Å². The molecule has 0 amide bonds. The van der Waals surface area contributed by atoms with Crippen LogP contribution in [0.5, 0.6) is 0 Å². The van der Waals surface area contributed by atoms with Gasteiger partial charge in [-0.1, -0.05) is 0 Å². The zero-order chi connectivity index (χ0) is 4.00. The Morgan fingerprint density at radius 3 is 1.25 bits per heavy atom. The van der Waals surface area contributed by atoms with Gasteiger partial charge >= 0.3 is 90.3 Å². The summed E-state index contributed by atoms with van der Waals surface area (Å²) in [4.78, 5) is 0. The van der Waals surface area contributed by atoms with E-state index in [1.54, 1.807) is 0 Å².